The van der Waals surface area contributed by atoms with E-state index >= 15 is 0 Å². The first kappa shape index (κ1) is 17.6. The Hall–Kier alpha value is -3.44. The number of benzene rings is 1. The number of hydrogen-bond donors (Lipinski definition) is 0. The molecule has 0 aliphatic carbocycles. The molecule has 29 heavy (non-hydrogen) atoms. The molecule has 0 saturated carbocycles. The van der Waals surface area contributed by atoms with E-state index in [1.165, 1.54) is 0 Å². The van der Waals surface area contributed by atoms with Crippen LogP contribution in [0.2, 0.25) is 5.15 Å². The van der Waals surface area contributed by atoms with Gasteiger partial charge in [-0.05, 0) is 18.2 Å². The minimum Gasteiger partial charge on any atom is -0.350 e. The number of nitrogens with zero attached hydrogens (tertiary/aromatic N) is 4. The van der Waals surface area contributed by atoms with Crippen molar-refractivity contribution in [2.75, 3.05) is 0 Å². The summed E-state index contributed by atoms with van der Waals surface area (Å²) in [5.74, 6) is 0. The third-order valence-corrected chi connectivity index (χ3v) is 5.42. The van der Waals surface area contributed by atoms with Crippen LogP contribution < -0.4 is 10.1 Å². The van der Waals surface area contributed by atoms with Crippen molar-refractivity contribution >= 4 is 28.2 Å². The lowest BCUT2D eigenvalue weighted by Crippen LogP contribution is -2.40. The van der Waals surface area contributed by atoms with Crippen LogP contribution in [0.3, 0.4) is 0 Å². The van der Waals surface area contributed by atoms with Crippen molar-refractivity contribution in [3.05, 3.63) is 100 Å². The van der Waals surface area contributed by atoms with Gasteiger partial charge in [-0.3, -0.25) is 0 Å². The molecule has 1 aromatic carbocycles. The third kappa shape index (κ3) is 3.00. The maximum Gasteiger partial charge on any atom is 0.350 e. The molecule has 0 aliphatic rings. The Morgan fingerprint density at radius 2 is 1.86 bits per heavy atom. The highest BCUT2D eigenvalue weighted by Crippen LogP contribution is 2.27. The summed E-state index contributed by atoms with van der Waals surface area (Å²) in [4.78, 5) is 17.5. The minimum absolute atomic E-state index is 0.0394. The highest BCUT2D eigenvalue weighted by atomic mass is 35.5. The molecule has 0 radical (unpaired) electrons. The number of fused-ring (bicyclic) bond motifs is 2. The first-order valence-corrected chi connectivity index (χ1v) is 9.68. The molecule has 4 heterocycles. The summed E-state index contributed by atoms with van der Waals surface area (Å²) >= 11 is 5.93. The monoisotopic (exact) mass is 401 g/mol. The molecule has 0 unspecified atom stereocenters. The molecule has 6 heteroatoms. The Labute approximate surface area is 172 Å². The van der Waals surface area contributed by atoms with E-state index in [4.69, 9.17) is 11.6 Å². The van der Waals surface area contributed by atoms with Crippen LogP contribution in [-0.4, -0.2) is 14.0 Å². The second kappa shape index (κ2) is 6.87. The van der Waals surface area contributed by atoms with E-state index in [0.29, 0.717) is 17.3 Å². The maximum absolute atomic E-state index is 13.3. The van der Waals surface area contributed by atoms with Crippen molar-refractivity contribution in [2.24, 2.45) is 7.05 Å². The van der Waals surface area contributed by atoms with Crippen LogP contribution >= 0.6 is 11.6 Å². The van der Waals surface area contributed by atoms with Crippen LogP contribution in [0.25, 0.3) is 27.7 Å². The number of rotatable bonds is 3. The van der Waals surface area contributed by atoms with Crippen molar-refractivity contribution in [3.63, 3.8) is 0 Å². The highest BCUT2D eigenvalue weighted by Gasteiger charge is 2.20. The van der Waals surface area contributed by atoms with E-state index in [1.807, 2.05) is 62.0 Å². The van der Waals surface area contributed by atoms with Crippen LogP contribution in [0.1, 0.15) is 5.56 Å². The van der Waals surface area contributed by atoms with Crippen LogP contribution in [0.4, 0.5) is 0 Å². The fourth-order valence-corrected chi connectivity index (χ4v) is 3.92. The van der Waals surface area contributed by atoms with Crippen LogP contribution in [0.5, 0.6) is 0 Å². The van der Waals surface area contributed by atoms with E-state index in [9.17, 15) is 4.79 Å². The molecule has 142 valence electrons. The molecule has 0 fully saturated rings. The summed E-state index contributed by atoms with van der Waals surface area (Å²) in [6.45, 7) is 0.579. The minimum atomic E-state index is -0.0394. The normalized spacial score (nSPS) is 11.4. The van der Waals surface area contributed by atoms with Crippen LogP contribution in [-0.2, 0) is 13.6 Å². The fraction of sp³-hybridized carbons (Fsp3) is 0.0870. The van der Waals surface area contributed by atoms with Crippen molar-refractivity contribution in [1.29, 1.82) is 0 Å². The SMILES string of the molecule is Cn1cc(-c2c[n+](Cc3ccc(Cl)nc3)c3ccccn3c2=O)c2ccccc21. The molecular formula is C23H18ClN4O+. The Morgan fingerprint density at radius 3 is 2.69 bits per heavy atom. The summed E-state index contributed by atoms with van der Waals surface area (Å²) < 4.78 is 5.82. The number of aryl methyl sites for hydroxylation is 1. The Balaban J connectivity index is 1.77. The van der Waals surface area contributed by atoms with Gasteiger partial charge in [-0.15, -0.1) is 0 Å². The Kier molecular flexibility index (Phi) is 4.18. The first-order chi connectivity index (χ1) is 14.1. The molecule has 4 aromatic heterocycles. The molecule has 0 bridgehead atoms. The van der Waals surface area contributed by atoms with E-state index < -0.39 is 0 Å². The molecule has 0 atom stereocenters. The lowest BCUT2D eigenvalue weighted by atomic mass is 10.1. The second-order valence-electron chi connectivity index (χ2n) is 7.06. The standard InChI is InChI=1S/C23H18ClN4O/c1-26-14-18(17-6-2-3-7-20(17)26)19-15-27(13-16-9-10-21(24)25-12-16)22-8-4-5-11-28(22)23(19)29/h2-12,14-15H,13H2,1H3/q+1. The van der Waals surface area contributed by atoms with Gasteiger partial charge in [-0.1, -0.05) is 41.9 Å². The van der Waals surface area contributed by atoms with Crippen molar-refractivity contribution in [2.45, 2.75) is 6.54 Å². The average Bonchev–Trinajstić information content (AvgIpc) is 3.08. The summed E-state index contributed by atoms with van der Waals surface area (Å²) in [7, 11) is 2.00. The molecule has 0 saturated heterocycles. The average molecular weight is 402 g/mol. The van der Waals surface area contributed by atoms with Gasteiger partial charge in [0.1, 0.15) is 23.5 Å². The van der Waals surface area contributed by atoms with E-state index in [1.54, 1.807) is 16.7 Å². The smallest absolute Gasteiger partial charge is 0.350 e. The lowest BCUT2D eigenvalue weighted by Gasteiger charge is -2.07. The Bertz CT molecular complexity index is 1420. The van der Waals surface area contributed by atoms with Gasteiger partial charge in [0.15, 0.2) is 0 Å². The summed E-state index contributed by atoms with van der Waals surface area (Å²) in [6.07, 6.45) is 7.53. The highest BCUT2D eigenvalue weighted by molar-refractivity contribution is 6.29. The fourth-order valence-electron chi connectivity index (χ4n) is 3.81. The zero-order valence-corrected chi connectivity index (χ0v) is 16.5. The number of para-hydroxylation sites is 1. The predicted octanol–water partition coefficient (Wildman–Crippen LogP) is 3.84. The molecule has 5 nitrogen and oxygen atoms in total. The van der Waals surface area contributed by atoms with Crippen LogP contribution in [0.15, 0.2) is 84.2 Å². The van der Waals surface area contributed by atoms with Gasteiger partial charge in [0.25, 0.3) is 5.65 Å². The molecule has 0 spiro atoms. The molecular weight excluding hydrogens is 384 g/mol. The number of hydrogen-bond acceptors (Lipinski definition) is 2. The van der Waals surface area contributed by atoms with Gasteiger partial charge in [0.2, 0.25) is 0 Å². The third-order valence-electron chi connectivity index (χ3n) is 5.20. The van der Waals surface area contributed by atoms with E-state index in [2.05, 4.69) is 26.3 Å². The van der Waals surface area contributed by atoms with Crippen molar-refractivity contribution < 1.29 is 4.57 Å². The molecule has 0 N–H and O–H groups in total. The Morgan fingerprint density at radius 1 is 1.03 bits per heavy atom. The van der Waals surface area contributed by atoms with Gasteiger partial charge in [0, 0.05) is 47.5 Å². The summed E-state index contributed by atoms with van der Waals surface area (Å²) in [5, 5.41) is 1.52. The zero-order chi connectivity index (χ0) is 20.0. The number of pyridine rings is 2. The number of halogens is 1. The first-order valence-electron chi connectivity index (χ1n) is 9.30. The van der Waals surface area contributed by atoms with Crippen molar-refractivity contribution in [1.82, 2.24) is 14.0 Å². The van der Waals surface area contributed by atoms with Gasteiger partial charge in [0.05, 0.1) is 6.20 Å². The van der Waals surface area contributed by atoms with Gasteiger partial charge in [-0.25, -0.2) is 14.3 Å². The molecule has 5 aromatic rings. The number of aromatic nitrogens is 4. The van der Waals surface area contributed by atoms with Crippen LogP contribution in [0, 0.1) is 0 Å². The second-order valence-corrected chi connectivity index (χ2v) is 7.45. The predicted molar refractivity (Wildman–Crippen MR) is 114 cm³/mol. The van der Waals surface area contributed by atoms with E-state index in [-0.39, 0.29) is 5.56 Å². The van der Waals surface area contributed by atoms with Crippen molar-refractivity contribution in [3.8, 4) is 11.1 Å². The van der Waals surface area contributed by atoms with Gasteiger partial charge in [-0.2, -0.15) is 4.40 Å². The zero-order valence-electron chi connectivity index (χ0n) is 15.8. The molecule has 0 amide bonds. The lowest BCUT2D eigenvalue weighted by molar-refractivity contribution is -0.665. The quantitative estimate of drug-likeness (QED) is 0.340. The van der Waals surface area contributed by atoms with Gasteiger partial charge >= 0.3 is 5.56 Å². The van der Waals surface area contributed by atoms with E-state index in [0.717, 1.165) is 27.7 Å². The molecule has 5 rings (SSSR count). The largest absolute Gasteiger partial charge is 0.350 e. The maximum atomic E-state index is 13.3. The van der Waals surface area contributed by atoms with Gasteiger partial charge < -0.3 is 4.57 Å². The summed E-state index contributed by atoms with van der Waals surface area (Å²) in [6, 6.07) is 17.6. The molecule has 0 aliphatic heterocycles. The topological polar surface area (TPSA) is 43.2 Å². The summed E-state index contributed by atoms with van der Waals surface area (Å²) in [5.41, 5.74) is 4.46.